The fourth-order valence-electron chi connectivity index (χ4n) is 8.47. The van der Waals surface area contributed by atoms with Crippen LogP contribution >= 0.6 is 0 Å². The lowest BCUT2D eigenvalue weighted by Crippen LogP contribution is -2.63. The number of phenolic OH excluding ortho intramolecular Hbond substituents is 1. The van der Waals surface area contributed by atoms with Gasteiger partial charge in [-0.15, -0.1) is 6.42 Å². The number of pyridine rings is 1. The van der Waals surface area contributed by atoms with Crippen molar-refractivity contribution >= 4 is 39.2 Å². The number of benzene rings is 2. The highest BCUT2D eigenvalue weighted by atomic mass is 19.1. The fourth-order valence-corrected chi connectivity index (χ4v) is 8.47. The molecule has 0 saturated carbocycles. The number of aromatic hydroxyl groups is 1. The molecule has 9 rings (SSSR count). The second-order valence-corrected chi connectivity index (χ2v) is 13.7. The van der Waals surface area contributed by atoms with Gasteiger partial charge in [-0.1, -0.05) is 18.1 Å². The van der Waals surface area contributed by atoms with Crippen molar-refractivity contribution in [3.8, 4) is 35.4 Å². The first-order chi connectivity index (χ1) is 24.1. The second kappa shape index (κ2) is 10.7. The average molecular weight is 677 g/mol. The molecule has 3 aromatic heterocycles. The Morgan fingerprint density at radius 2 is 2.04 bits per heavy atom. The molecular weight excluding hydrogens is 646 g/mol. The second-order valence-electron chi connectivity index (χ2n) is 13.7. The van der Waals surface area contributed by atoms with E-state index in [0.717, 1.165) is 24.9 Å². The summed E-state index contributed by atoms with van der Waals surface area (Å²) in [6.45, 7) is 3.38. The van der Waals surface area contributed by atoms with Crippen LogP contribution in [0.2, 0.25) is 0 Å². The molecule has 0 unspecified atom stereocenters. The van der Waals surface area contributed by atoms with E-state index in [2.05, 4.69) is 21.1 Å². The summed E-state index contributed by atoms with van der Waals surface area (Å²) in [7, 11) is 0. The van der Waals surface area contributed by atoms with Crippen LogP contribution in [0, 0.1) is 25.1 Å². The topological polar surface area (TPSA) is 134 Å². The number of phenols is 1. The number of hydrogen-bond donors (Lipinski definition) is 2. The third kappa shape index (κ3) is 4.27. The van der Waals surface area contributed by atoms with Crippen LogP contribution in [-0.4, -0.2) is 75.4 Å². The zero-order valence-corrected chi connectivity index (χ0v) is 26.9. The monoisotopic (exact) mass is 676 g/mol. The first-order valence-corrected chi connectivity index (χ1v) is 16.4. The molecule has 1 spiro atoms. The van der Waals surface area contributed by atoms with E-state index in [1.165, 1.54) is 24.3 Å². The summed E-state index contributed by atoms with van der Waals surface area (Å²) in [5, 5.41) is 14.3. The van der Waals surface area contributed by atoms with Crippen molar-refractivity contribution in [3.05, 3.63) is 75.5 Å². The fraction of sp³-hybridized carbons (Fsp3) is 0.324. The number of terminal acetylenes is 1. The van der Waals surface area contributed by atoms with E-state index in [0.29, 0.717) is 29.7 Å². The Balaban J connectivity index is 1.20. The molecule has 4 aliphatic rings. The van der Waals surface area contributed by atoms with Crippen molar-refractivity contribution < 1.29 is 27.8 Å². The van der Waals surface area contributed by atoms with Crippen LogP contribution in [-0.2, 0) is 10.2 Å². The molecule has 4 aliphatic heterocycles. The Kier molecular flexibility index (Phi) is 6.51. The molecule has 0 bridgehead atoms. The van der Waals surface area contributed by atoms with Gasteiger partial charge in [0.15, 0.2) is 5.82 Å². The molecule has 11 nitrogen and oxygen atoms in total. The number of aromatic nitrogens is 3. The first-order valence-electron chi connectivity index (χ1n) is 16.4. The Morgan fingerprint density at radius 1 is 1.20 bits per heavy atom. The summed E-state index contributed by atoms with van der Waals surface area (Å²) in [6, 6.07) is 9.12. The number of aryl methyl sites for hydroxylation is 1. The molecule has 5 aromatic rings. The maximum atomic E-state index is 15.0. The standard InChI is InChI=1S/C37H30F2N6O5/c1-3-23-26(39)8-7-20-12-22(46)13-24(27(20)23)30-19(2)29-28(33(47)50-30)32(44-16-37(17-44)25-6-4-10-40-31(25)42-34(37)48)43-35(41-29)49-18-36-9-5-11-45(36)15-21(38)14-36/h1,4,6-8,10,12-13,21,46H,5,9,11,14-18H2,2H3,(H,40,42,48)/t21-,36+/m1/s1. The minimum absolute atomic E-state index is 0.0225. The van der Waals surface area contributed by atoms with Gasteiger partial charge in [0.2, 0.25) is 5.91 Å². The highest BCUT2D eigenvalue weighted by molar-refractivity contribution is 6.08. The van der Waals surface area contributed by atoms with Gasteiger partial charge < -0.3 is 24.5 Å². The van der Waals surface area contributed by atoms with Crippen LogP contribution in [0.5, 0.6) is 11.8 Å². The van der Waals surface area contributed by atoms with Gasteiger partial charge in [0.1, 0.15) is 46.7 Å². The highest BCUT2D eigenvalue weighted by Gasteiger charge is 2.57. The van der Waals surface area contributed by atoms with Crippen molar-refractivity contribution in [3.63, 3.8) is 0 Å². The average Bonchev–Trinajstić information content (AvgIpc) is 3.71. The molecule has 1 amide bonds. The van der Waals surface area contributed by atoms with Gasteiger partial charge in [-0.3, -0.25) is 9.69 Å². The molecule has 0 aliphatic carbocycles. The summed E-state index contributed by atoms with van der Waals surface area (Å²) in [4.78, 5) is 45.0. The summed E-state index contributed by atoms with van der Waals surface area (Å²) >= 11 is 0. The molecule has 2 N–H and O–H groups in total. The maximum absolute atomic E-state index is 15.0. The largest absolute Gasteiger partial charge is 0.508 e. The van der Waals surface area contributed by atoms with E-state index in [-0.39, 0.29) is 76.4 Å². The molecule has 13 heteroatoms. The number of hydrogen-bond acceptors (Lipinski definition) is 10. The molecule has 3 fully saturated rings. The van der Waals surface area contributed by atoms with E-state index in [4.69, 9.17) is 25.5 Å². The van der Waals surface area contributed by atoms with E-state index in [1.807, 2.05) is 6.07 Å². The smallest absolute Gasteiger partial charge is 0.349 e. The summed E-state index contributed by atoms with van der Waals surface area (Å²) in [5.41, 5.74) is -0.640. The zero-order valence-electron chi connectivity index (χ0n) is 26.9. The summed E-state index contributed by atoms with van der Waals surface area (Å²) in [6.07, 6.45) is 8.43. The van der Waals surface area contributed by atoms with E-state index >= 15 is 0 Å². The lowest BCUT2D eigenvalue weighted by molar-refractivity contribution is -0.121. The van der Waals surface area contributed by atoms with Crippen molar-refractivity contribution in [2.24, 2.45) is 0 Å². The number of anilines is 2. The lowest BCUT2D eigenvalue weighted by atomic mass is 9.75. The third-order valence-electron chi connectivity index (χ3n) is 10.8. The summed E-state index contributed by atoms with van der Waals surface area (Å²) in [5.74, 6) is 2.16. The molecular formula is C37H30F2N6O5. The van der Waals surface area contributed by atoms with Gasteiger partial charge in [-0.05, 0) is 56.0 Å². The number of carbonyl (C=O) groups excluding carboxylic acids is 1. The summed E-state index contributed by atoms with van der Waals surface area (Å²) < 4.78 is 41.8. The van der Waals surface area contributed by atoms with Crippen LogP contribution in [0.3, 0.4) is 0 Å². The maximum Gasteiger partial charge on any atom is 0.349 e. The van der Waals surface area contributed by atoms with E-state index in [1.54, 1.807) is 24.1 Å². The number of carbonyl (C=O) groups is 1. The van der Waals surface area contributed by atoms with Gasteiger partial charge in [0.05, 0.1) is 16.6 Å². The van der Waals surface area contributed by atoms with Gasteiger partial charge in [0, 0.05) is 54.3 Å². The van der Waals surface area contributed by atoms with Crippen molar-refractivity contribution in [1.82, 2.24) is 19.9 Å². The quantitative estimate of drug-likeness (QED) is 0.255. The number of fused-ring (bicyclic) bond motifs is 5. The number of nitrogens with zero attached hydrogens (tertiary/aromatic N) is 5. The zero-order chi connectivity index (χ0) is 34.5. The van der Waals surface area contributed by atoms with Gasteiger partial charge >= 0.3 is 11.6 Å². The van der Waals surface area contributed by atoms with E-state index < -0.39 is 28.6 Å². The predicted octanol–water partition coefficient (Wildman–Crippen LogP) is 4.60. The predicted molar refractivity (Wildman–Crippen MR) is 181 cm³/mol. The SMILES string of the molecule is C#Cc1c(F)ccc2cc(O)cc(-c3oc(=O)c4c(N5CC6(C5)C(=O)Nc5ncccc56)nc(OC[C@@]56CCCN5C[C@H](F)C6)nc4c3C)c12. The minimum atomic E-state index is -0.955. The van der Waals surface area contributed by atoms with Crippen LogP contribution in [0.15, 0.2) is 51.8 Å². The molecule has 2 atom stereocenters. The number of alkyl halides is 1. The normalized spacial score (nSPS) is 22.1. The molecule has 2 aromatic carbocycles. The minimum Gasteiger partial charge on any atom is -0.508 e. The molecule has 7 heterocycles. The van der Waals surface area contributed by atoms with Crippen molar-refractivity contribution in [2.45, 2.75) is 43.3 Å². The van der Waals surface area contributed by atoms with Gasteiger partial charge in [-0.25, -0.2) is 18.6 Å². The highest BCUT2D eigenvalue weighted by Crippen LogP contribution is 2.47. The van der Waals surface area contributed by atoms with Crippen molar-refractivity contribution in [1.29, 1.82) is 0 Å². The van der Waals surface area contributed by atoms with Crippen molar-refractivity contribution in [2.75, 3.05) is 43.0 Å². The van der Waals surface area contributed by atoms with Gasteiger partial charge in [0.25, 0.3) is 0 Å². The number of halogens is 2. The Labute approximate surface area is 283 Å². The number of ether oxygens (including phenoxy) is 1. The van der Waals surface area contributed by atoms with Crippen LogP contribution in [0.4, 0.5) is 20.4 Å². The molecule has 50 heavy (non-hydrogen) atoms. The molecule has 3 saturated heterocycles. The van der Waals surface area contributed by atoms with E-state index in [9.17, 15) is 23.5 Å². The van der Waals surface area contributed by atoms with Crippen LogP contribution in [0.25, 0.3) is 33.0 Å². The van der Waals surface area contributed by atoms with Crippen LogP contribution < -0.4 is 20.6 Å². The number of amides is 1. The Hall–Kier alpha value is -5.61. The Bertz CT molecular complexity index is 2400. The third-order valence-corrected chi connectivity index (χ3v) is 10.8. The number of rotatable bonds is 5. The molecule has 252 valence electrons. The lowest BCUT2D eigenvalue weighted by Gasteiger charge is -2.47. The van der Waals surface area contributed by atoms with Gasteiger partial charge in [-0.2, -0.15) is 9.97 Å². The number of nitrogens with one attached hydrogen (secondary N) is 1. The Morgan fingerprint density at radius 3 is 2.86 bits per heavy atom. The first kappa shape index (κ1) is 30.4. The molecule has 0 radical (unpaired) electrons. The van der Waals surface area contributed by atoms with Crippen LogP contribution in [0.1, 0.15) is 36.0 Å².